The lowest BCUT2D eigenvalue weighted by Gasteiger charge is -2.15. The summed E-state index contributed by atoms with van der Waals surface area (Å²) in [4.78, 5) is 12.0. The Bertz CT molecular complexity index is 736. The van der Waals surface area contributed by atoms with Crippen LogP contribution < -0.4 is 20.1 Å². The van der Waals surface area contributed by atoms with Crippen LogP contribution >= 0.6 is 11.6 Å². The Kier molecular flexibility index (Phi) is 5.11. The molecule has 2 aromatic carbocycles. The van der Waals surface area contributed by atoms with Crippen LogP contribution in [0.5, 0.6) is 11.5 Å². The molecule has 126 valence electrons. The van der Waals surface area contributed by atoms with Crippen LogP contribution in [-0.4, -0.2) is 18.9 Å². The molecule has 1 atom stereocenters. The van der Waals surface area contributed by atoms with Crippen LogP contribution in [0.1, 0.15) is 18.1 Å². The number of ether oxygens (including phenoxy) is 2. The van der Waals surface area contributed by atoms with E-state index in [2.05, 4.69) is 10.6 Å². The van der Waals surface area contributed by atoms with Crippen molar-refractivity contribution in [2.75, 3.05) is 6.79 Å². The molecule has 3 rings (SSSR count). The lowest BCUT2D eigenvalue weighted by molar-refractivity contribution is 0.174. The van der Waals surface area contributed by atoms with Gasteiger partial charge in [-0.1, -0.05) is 35.9 Å². The predicted octanol–water partition coefficient (Wildman–Crippen LogP) is 3.50. The van der Waals surface area contributed by atoms with Gasteiger partial charge in [-0.05, 0) is 42.7 Å². The molecule has 5 nitrogen and oxygen atoms in total. The molecule has 0 saturated heterocycles. The number of hydrogen-bond acceptors (Lipinski definition) is 3. The van der Waals surface area contributed by atoms with E-state index in [0.717, 1.165) is 16.9 Å². The summed E-state index contributed by atoms with van der Waals surface area (Å²) in [6, 6.07) is 13.0. The summed E-state index contributed by atoms with van der Waals surface area (Å²) < 4.78 is 10.6. The van der Waals surface area contributed by atoms with Gasteiger partial charge in [-0.2, -0.15) is 0 Å². The average Bonchev–Trinajstić information content (AvgIpc) is 3.02. The number of rotatable bonds is 5. The van der Waals surface area contributed by atoms with Crippen molar-refractivity contribution in [3.05, 3.63) is 58.6 Å². The quantitative estimate of drug-likeness (QED) is 0.871. The van der Waals surface area contributed by atoms with E-state index in [1.165, 1.54) is 0 Å². The normalized spacial score (nSPS) is 13.4. The molecule has 0 saturated carbocycles. The monoisotopic (exact) mass is 346 g/mol. The van der Waals surface area contributed by atoms with Crippen molar-refractivity contribution in [1.82, 2.24) is 10.6 Å². The summed E-state index contributed by atoms with van der Waals surface area (Å²) in [5, 5.41) is 6.47. The Hall–Kier alpha value is -2.40. The molecular weight excluding hydrogens is 328 g/mol. The summed E-state index contributed by atoms with van der Waals surface area (Å²) in [5.41, 5.74) is 1.97. The number of carbonyl (C=O) groups excluding carboxylic acids is 1. The Balaban J connectivity index is 1.48. The molecule has 2 aromatic rings. The van der Waals surface area contributed by atoms with Crippen LogP contribution in [0.3, 0.4) is 0 Å². The van der Waals surface area contributed by atoms with E-state index >= 15 is 0 Å². The fourth-order valence-corrected chi connectivity index (χ4v) is 2.77. The minimum Gasteiger partial charge on any atom is -0.454 e. The summed E-state index contributed by atoms with van der Waals surface area (Å²) in [7, 11) is 0. The van der Waals surface area contributed by atoms with E-state index in [-0.39, 0.29) is 18.9 Å². The highest BCUT2D eigenvalue weighted by molar-refractivity contribution is 6.31. The number of hydrogen-bond donors (Lipinski definition) is 2. The van der Waals surface area contributed by atoms with Gasteiger partial charge in [0.15, 0.2) is 11.5 Å². The zero-order chi connectivity index (χ0) is 16.9. The smallest absolute Gasteiger partial charge is 0.315 e. The van der Waals surface area contributed by atoms with Crippen LogP contribution in [-0.2, 0) is 13.0 Å². The molecule has 0 aromatic heterocycles. The first kappa shape index (κ1) is 16.5. The minimum atomic E-state index is -0.216. The molecule has 1 aliphatic rings. The Morgan fingerprint density at radius 2 is 2.00 bits per heavy atom. The molecule has 2 N–H and O–H groups in total. The molecule has 0 fully saturated rings. The van der Waals surface area contributed by atoms with Crippen molar-refractivity contribution in [3.8, 4) is 11.5 Å². The van der Waals surface area contributed by atoms with Gasteiger partial charge in [-0.15, -0.1) is 0 Å². The first-order valence-corrected chi connectivity index (χ1v) is 8.16. The molecule has 24 heavy (non-hydrogen) atoms. The third-order valence-electron chi connectivity index (χ3n) is 3.75. The Morgan fingerprint density at radius 3 is 2.83 bits per heavy atom. The van der Waals surface area contributed by atoms with Crippen LogP contribution in [0.15, 0.2) is 42.5 Å². The van der Waals surface area contributed by atoms with Gasteiger partial charge in [-0.25, -0.2) is 4.79 Å². The van der Waals surface area contributed by atoms with E-state index in [0.29, 0.717) is 23.7 Å². The number of benzene rings is 2. The Labute approximate surface area is 145 Å². The summed E-state index contributed by atoms with van der Waals surface area (Å²) in [5.74, 6) is 1.44. The summed E-state index contributed by atoms with van der Waals surface area (Å²) in [6.45, 7) is 2.61. The third kappa shape index (κ3) is 4.11. The van der Waals surface area contributed by atoms with Gasteiger partial charge in [0.1, 0.15) is 0 Å². The number of urea groups is 1. The number of nitrogens with one attached hydrogen (secondary N) is 2. The van der Waals surface area contributed by atoms with Crippen LogP contribution in [0.4, 0.5) is 4.79 Å². The number of amides is 2. The van der Waals surface area contributed by atoms with Gasteiger partial charge in [0.05, 0.1) is 0 Å². The second-order valence-electron chi connectivity index (χ2n) is 5.71. The van der Waals surface area contributed by atoms with Crippen molar-refractivity contribution < 1.29 is 14.3 Å². The van der Waals surface area contributed by atoms with Crippen LogP contribution in [0.25, 0.3) is 0 Å². The highest BCUT2D eigenvalue weighted by Gasteiger charge is 2.14. The predicted molar refractivity (Wildman–Crippen MR) is 92.6 cm³/mol. The molecule has 1 unspecified atom stereocenters. The standard InChI is InChI=1S/C18H19ClN2O3/c1-12(8-14-4-2-3-5-15(14)19)21-18(22)20-10-13-6-7-16-17(9-13)24-11-23-16/h2-7,9,12H,8,10-11H2,1H3,(H2,20,21,22). The zero-order valence-electron chi connectivity index (χ0n) is 13.3. The van der Waals surface area contributed by atoms with E-state index in [4.69, 9.17) is 21.1 Å². The fraction of sp³-hybridized carbons (Fsp3) is 0.278. The molecule has 0 bridgehead atoms. The maximum Gasteiger partial charge on any atom is 0.315 e. The van der Waals surface area contributed by atoms with E-state index in [9.17, 15) is 4.79 Å². The average molecular weight is 347 g/mol. The third-order valence-corrected chi connectivity index (χ3v) is 4.12. The maximum absolute atomic E-state index is 12.0. The highest BCUT2D eigenvalue weighted by atomic mass is 35.5. The van der Waals surface area contributed by atoms with Gasteiger partial charge in [0, 0.05) is 17.6 Å². The molecule has 1 aliphatic heterocycles. The Morgan fingerprint density at radius 1 is 1.21 bits per heavy atom. The van der Waals surface area contributed by atoms with Crippen LogP contribution in [0, 0.1) is 0 Å². The fourth-order valence-electron chi connectivity index (χ4n) is 2.55. The van der Waals surface area contributed by atoms with Crippen molar-refractivity contribution in [1.29, 1.82) is 0 Å². The summed E-state index contributed by atoms with van der Waals surface area (Å²) in [6.07, 6.45) is 0.678. The first-order chi connectivity index (χ1) is 11.6. The largest absolute Gasteiger partial charge is 0.454 e. The molecule has 2 amide bonds. The van der Waals surface area contributed by atoms with Gasteiger partial charge in [-0.3, -0.25) is 0 Å². The van der Waals surface area contributed by atoms with Gasteiger partial charge in [0.25, 0.3) is 0 Å². The molecule has 0 spiro atoms. The van der Waals surface area contributed by atoms with E-state index < -0.39 is 0 Å². The van der Waals surface area contributed by atoms with Crippen molar-refractivity contribution in [2.45, 2.75) is 25.9 Å². The second kappa shape index (κ2) is 7.45. The molecule has 1 heterocycles. The van der Waals surface area contributed by atoms with Crippen molar-refractivity contribution in [2.24, 2.45) is 0 Å². The number of carbonyl (C=O) groups is 1. The maximum atomic E-state index is 12.0. The van der Waals surface area contributed by atoms with Crippen molar-refractivity contribution >= 4 is 17.6 Å². The van der Waals surface area contributed by atoms with E-state index in [1.54, 1.807) is 0 Å². The molecule has 0 aliphatic carbocycles. The van der Waals surface area contributed by atoms with Crippen molar-refractivity contribution in [3.63, 3.8) is 0 Å². The summed E-state index contributed by atoms with van der Waals surface area (Å²) >= 11 is 6.14. The minimum absolute atomic E-state index is 0.0262. The second-order valence-corrected chi connectivity index (χ2v) is 6.12. The SMILES string of the molecule is CC(Cc1ccccc1Cl)NC(=O)NCc1ccc2c(c1)OCO2. The molecule has 6 heteroatoms. The highest BCUT2D eigenvalue weighted by Crippen LogP contribution is 2.32. The van der Waals surface area contributed by atoms with E-state index in [1.807, 2.05) is 49.4 Å². The zero-order valence-corrected chi connectivity index (χ0v) is 14.1. The van der Waals surface area contributed by atoms with Gasteiger partial charge < -0.3 is 20.1 Å². The lowest BCUT2D eigenvalue weighted by Crippen LogP contribution is -2.41. The number of fused-ring (bicyclic) bond motifs is 1. The first-order valence-electron chi connectivity index (χ1n) is 7.78. The molecular formula is C18H19ClN2O3. The van der Waals surface area contributed by atoms with Gasteiger partial charge in [0.2, 0.25) is 6.79 Å². The van der Waals surface area contributed by atoms with Crippen LogP contribution in [0.2, 0.25) is 5.02 Å². The number of halogens is 1. The molecule has 0 radical (unpaired) electrons. The topological polar surface area (TPSA) is 59.6 Å². The lowest BCUT2D eigenvalue weighted by atomic mass is 10.1. The van der Waals surface area contributed by atoms with Gasteiger partial charge >= 0.3 is 6.03 Å².